The molecule has 0 radical (unpaired) electrons. The standard InChI is InChI=1S/C13H22N2O4/c1-12(2,3)19-8-9(16)7-15-10(17)13(4,5)14(6)11(15)18/h7-8H2,1-6H3. The number of Topliss-reactive ketones (excluding diaryl/α,β-unsaturated/α-hetero) is 1. The number of hydrogen-bond donors (Lipinski definition) is 0. The first kappa shape index (κ1) is 15.6. The average Bonchev–Trinajstić information content (AvgIpc) is 2.41. The van der Waals surface area contributed by atoms with Crippen LogP contribution < -0.4 is 0 Å². The van der Waals surface area contributed by atoms with Crippen molar-refractivity contribution in [1.29, 1.82) is 0 Å². The molecule has 1 aliphatic heterocycles. The van der Waals surface area contributed by atoms with Crippen molar-refractivity contribution in [1.82, 2.24) is 9.80 Å². The fraction of sp³-hybridized carbons (Fsp3) is 0.769. The number of urea groups is 1. The van der Waals surface area contributed by atoms with Gasteiger partial charge in [0.2, 0.25) is 0 Å². The molecule has 0 aromatic rings. The fourth-order valence-electron chi connectivity index (χ4n) is 1.64. The molecule has 0 aromatic heterocycles. The molecular weight excluding hydrogens is 248 g/mol. The van der Waals surface area contributed by atoms with Crippen LogP contribution in [-0.2, 0) is 14.3 Å². The first-order valence-electron chi connectivity index (χ1n) is 6.22. The topological polar surface area (TPSA) is 66.9 Å². The average molecular weight is 270 g/mol. The van der Waals surface area contributed by atoms with Gasteiger partial charge in [0.05, 0.1) is 12.1 Å². The van der Waals surface area contributed by atoms with Gasteiger partial charge in [-0.3, -0.25) is 14.5 Å². The summed E-state index contributed by atoms with van der Waals surface area (Å²) in [6.45, 7) is 8.48. The van der Waals surface area contributed by atoms with E-state index in [1.165, 1.54) is 4.90 Å². The molecule has 6 heteroatoms. The second-order valence-electron chi connectivity index (χ2n) is 6.23. The van der Waals surface area contributed by atoms with Gasteiger partial charge in [-0.25, -0.2) is 4.79 Å². The Hall–Kier alpha value is -1.43. The molecule has 1 saturated heterocycles. The number of carbonyl (C=O) groups is 3. The van der Waals surface area contributed by atoms with Crippen molar-refractivity contribution in [3.05, 3.63) is 0 Å². The Morgan fingerprint density at radius 1 is 1.26 bits per heavy atom. The summed E-state index contributed by atoms with van der Waals surface area (Å²) in [4.78, 5) is 38.0. The Kier molecular flexibility index (Phi) is 4.05. The van der Waals surface area contributed by atoms with Crippen molar-refractivity contribution >= 4 is 17.7 Å². The molecule has 6 nitrogen and oxygen atoms in total. The smallest absolute Gasteiger partial charge is 0.327 e. The van der Waals surface area contributed by atoms with Gasteiger partial charge in [-0.05, 0) is 34.6 Å². The van der Waals surface area contributed by atoms with E-state index >= 15 is 0 Å². The second-order valence-corrected chi connectivity index (χ2v) is 6.23. The van der Waals surface area contributed by atoms with Crippen LogP contribution in [0.2, 0.25) is 0 Å². The Labute approximate surface area is 113 Å². The maximum atomic E-state index is 12.1. The molecule has 1 fully saturated rings. The van der Waals surface area contributed by atoms with Gasteiger partial charge in [-0.2, -0.15) is 0 Å². The third kappa shape index (κ3) is 3.32. The van der Waals surface area contributed by atoms with Crippen molar-refractivity contribution in [2.45, 2.75) is 45.8 Å². The summed E-state index contributed by atoms with van der Waals surface area (Å²) >= 11 is 0. The van der Waals surface area contributed by atoms with Gasteiger partial charge in [-0.1, -0.05) is 0 Å². The Morgan fingerprint density at radius 3 is 2.16 bits per heavy atom. The molecule has 0 aromatic carbocycles. The zero-order chi connectivity index (χ0) is 15.0. The SMILES string of the molecule is CN1C(=O)N(CC(=O)COC(C)(C)C)C(=O)C1(C)C. The van der Waals surface area contributed by atoms with Crippen LogP contribution in [0.25, 0.3) is 0 Å². The van der Waals surface area contributed by atoms with E-state index in [2.05, 4.69) is 0 Å². The first-order chi connectivity index (χ1) is 8.47. The van der Waals surface area contributed by atoms with Gasteiger partial charge in [0.15, 0.2) is 5.78 Å². The highest BCUT2D eigenvalue weighted by Crippen LogP contribution is 2.25. The molecule has 0 atom stereocenters. The molecule has 1 aliphatic rings. The lowest BCUT2D eigenvalue weighted by atomic mass is 10.1. The number of carbonyl (C=O) groups excluding carboxylic acids is 3. The molecule has 0 aliphatic carbocycles. The van der Waals surface area contributed by atoms with Crippen LogP contribution in [0.4, 0.5) is 4.79 Å². The lowest BCUT2D eigenvalue weighted by Crippen LogP contribution is -2.42. The summed E-state index contributed by atoms with van der Waals surface area (Å²) in [5, 5.41) is 0. The Balaban J connectivity index is 2.66. The van der Waals surface area contributed by atoms with Crippen LogP contribution in [0.3, 0.4) is 0 Å². The zero-order valence-corrected chi connectivity index (χ0v) is 12.4. The highest BCUT2D eigenvalue weighted by atomic mass is 16.5. The van der Waals surface area contributed by atoms with E-state index < -0.39 is 17.2 Å². The Morgan fingerprint density at radius 2 is 1.79 bits per heavy atom. The van der Waals surface area contributed by atoms with Crippen LogP contribution in [0, 0.1) is 0 Å². The normalized spacial score (nSPS) is 19.3. The van der Waals surface area contributed by atoms with Crippen LogP contribution in [0.1, 0.15) is 34.6 Å². The number of rotatable bonds is 4. The minimum Gasteiger partial charge on any atom is -0.368 e. The molecular formula is C13H22N2O4. The monoisotopic (exact) mass is 270 g/mol. The number of amides is 3. The third-order valence-electron chi connectivity index (χ3n) is 3.13. The van der Waals surface area contributed by atoms with Crippen LogP contribution in [0.15, 0.2) is 0 Å². The summed E-state index contributed by atoms with van der Waals surface area (Å²) < 4.78 is 5.34. The van der Waals surface area contributed by atoms with Gasteiger partial charge in [0.25, 0.3) is 5.91 Å². The van der Waals surface area contributed by atoms with Gasteiger partial charge in [0, 0.05) is 7.05 Å². The van der Waals surface area contributed by atoms with Gasteiger partial charge in [-0.15, -0.1) is 0 Å². The summed E-state index contributed by atoms with van der Waals surface area (Å²) in [7, 11) is 1.55. The molecule has 1 heterocycles. The largest absolute Gasteiger partial charge is 0.368 e. The predicted molar refractivity (Wildman–Crippen MR) is 69.7 cm³/mol. The van der Waals surface area contributed by atoms with E-state index in [4.69, 9.17) is 4.74 Å². The van der Waals surface area contributed by atoms with Gasteiger partial charge >= 0.3 is 6.03 Å². The van der Waals surface area contributed by atoms with Crippen molar-refractivity contribution in [3.8, 4) is 0 Å². The number of nitrogens with zero attached hydrogens (tertiary/aromatic N) is 2. The summed E-state index contributed by atoms with van der Waals surface area (Å²) in [6.07, 6.45) is 0. The van der Waals surface area contributed by atoms with Crippen molar-refractivity contribution in [3.63, 3.8) is 0 Å². The molecule has 3 amide bonds. The number of hydrogen-bond acceptors (Lipinski definition) is 4. The maximum Gasteiger partial charge on any atom is 0.327 e. The second kappa shape index (κ2) is 4.92. The minimum atomic E-state index is -0.901. The molecule has 0 saturated carbocycles. The van der Waals surface area contributed by atoms with Crippen LogP contribution in [-0.4, -0.2) is 58.9 Å². The highest BCUT2D eigenvalue weighted by Gasteiger charge is 2.49. The lowest BCUT2D eigenvalue weighted by Gasteiger charge is -2.22. The van der Waals surface area contributed by atoms with E-state index in [0.29, 0.717) is 0 Å². The Bertz CT molecular complexity index is 409. The van der Waals surface area contributed by atoms with E-state index in [9.17, 15) is 14.4 Å². The zero-order valence-electron chi connectivity index (χ0n) is 12.4. The van der Waals surface area contributed by atoms with Crippen molar-refractivity contribution in [2.75, 3.05) is 20.2 Å². The highest BCUT2D eigenvalue weighted by molar-refractivity contribution is 6.08. The van der Waals surface area contributed by atoms with E-state index in [1.54, 1.807) is 20.9 Å². The van der Waals surface area contributed by atoms with Gasteiger partial charge in [0.1, 0.15) is 12.1 Å². The molecule has 108 valence electrons. The lowest BCUT2D eigenvalue weighted by molar-refractivity contribution is -0.137. The van der Waals surface area contributed by atoms with E-state index in [0.717, 1.165) is 4.90 Å². The predicted octanol–water partition coefficient (Wildman–Crippen LogP) is 1.04. The van der Waals surface area contributed by atoms with E-state index in [1.807, 2.05) is 20.8 Å². The maximum absolute atomic E-state index is 12.1. The number of imide groups is 1. The molecule has 0 spiro atoms. The molecule has 0 unspecified atom stereocenters. The van der Waals surface area contributed by atoms with Crippen LogP contribution >= 0.6 is 0 Å². The van der Waals surface area contributed by atoms with Crippen LogP contribution in [0.5, 0.6) is 0 Å². The fourth-order valence-corrected chi connectivity index (χ4v) is 1.64. The molecule has 19 heavy (non-hydrogen) atoms. The summed E-state index contributed by atoms with van der Waals surface area (Å²) in [5.74, 6) is -0.646. The summed E-state index contributed by atoms with van der Waals surface area (Å²) in [5.41, 5.74) is -1.33. The first-order valence-corrected chi connectivity index (χ1v) is 6.22. The van der Waals surface area contributed by atoms with Gasteiger partial charge < -0.3 is 9.64 Å². The molecule has 0 N–H and O–H groups in total. The van der Waals surface area contributed by atoms with Crippen molar-refractivity contribution in [2.24, 2.45) is 0 Å². The quantitative estimate of drug-likeness (QED) is 0.716. The number of ketones is 1. The molecule has 1 rings (SSSR count). The molecule has 0 bridgehead atoms. The minimum absolute atomic E-state index is 0.106. The summed E-state index contributed by atoms with van der Waals surface area (Å²) in [6, 6.07) is -0.445. The van der Waals surface area contributed by atoms with Crippen molar-refractivity contribution < 1.29 is 19.1 Å². The third-order valence-corrected chi connectivity index (χ3v) is 3.13. The number of ether oxygens (including phenoxy) is 1. The van der Waals surface area contributed by atoms with E-state index in [-0.39, 0.29) is 24.8 Å². The number of likely N-dealkylation sites (N-methyl/N-ethyl adjacent to an activating group) is 1.